The molecule has 0 bridgehead atoms. The SMILES string of the molecule is CCCN(c1ccccc1N)S(=O)(=O)CC(=O)OC. The largest absolute Gasteiger partial charge is 0.468 e. The number of sulfonamides is 1. The zero-order valence-corrected chi connectivity index (χ0v) is 11.8. The number of anilines is 2. The number of carbonyl (C=O) groups is 1. The van der Waals surface area contributed by atoms with Crippen LogP contribution in [-0.2, 0) is 19.6 Å². The molecule has 0 saturated carbocycles. The number of nitrogens with two attached hydrogens (primary N) is 1. The lowest BCUT2D eigenvalue weighted by Gasteiger charge is -2.24. The molecule has 0 aliphatic heterocycles. The Balaban J connectivity index is 3.14. The summed E-state index contributed by atoms with van der Waals surface area (Å²) in [6.45, 7) is 2.10. The van der Waals surface area contributed by atoms with Crippen LogP contribution in [-0.4, -0.2) is 33.8 Å². The molecular weight excluding hydrogens is 268 g/mol. The van der Waals surface area contributed by atoms with Crippen LogP contribution in [0.3, 0.4) is 0 Å². The maximum Gasteiger partial charge on any atom is 0.322 e. The Hall–Kier alpha value is -1.76. The fraction of sp³-hybridized carbons (Fsp3) is 0.417. The quantitative estimate of drug-likeness (QED) is 0.622. The van der Waals surface area contributed by atoms with Crippen LogP contribution in [0.15, 0.2) is 24.3 Å². The van der Waals surface area contributed by atoms with E-state index in [1.165, 1.54) is 0 Å². The molecule has 0 aliphatic rings. The number of carbonyl (C=O) groups excluding carboxylic acids is 1. The van der Waals surface area contributed by atoms with Crippen molar-refractivity contribution >= 4 is 27.4 Å². The number of ether oxygens (including phenoxy) is 1. The van der Waals surface area contributed by atoms with E-state index >= 15 is 0 Å². The van der Waals surface area contributed by atoms with Gasteiger partial charge < -0.3 is 10.5 Å². The molecule has 1 aromatic rings. The van der Waals surface area contributed by atoms with E-state index in [4.69, 9.17) is 5.73 Å². The second-order valence-corrected chi connectivity index (χ2v) is 5.86. The van der Waals surface area contributed by atoms with E-state index in [2.05, 4.69) is 4.74 Å². The topological polar surface area (TPSA) is 89.7 Å². The Morgan fingerprint density at radius 3 is 2.53 bits per heavy atom. The zero-order valence-electron chi connectivity index (χ0n) is 11.0. The van der Waals surface area contributed by atoms with Crippen molar-refractivity contribution in [2.75, 3.05) is 29.4 Å². The van der Waals surface area contributed by atoms with E-state index in [-0.39, 0.29) is 6.54 Å². The van der Waals surface area contributed by atoms with Gasteiger partial charge in [0.1, 0.15) is 0 Å². The summed E-state index contributed by atoms with van der Waals surface area (Å²) in [5, 5.41) is 0. The van der Waals surface area contributed by atoms with Gasteiger partial charge in [0.15, 0.2) is 5.75 Å². The molecule has 2 N–H and O–H groups in total. The average molecular weight is 286 g/mol. The first kappa shape index (κ1) is 15.3. The first-order valence-corrected chi connectivity index (χ1v) is 7.45. The van der Waals surface area contributed by atoms with Crippen LogP contribution in [0.1, 0.15) is 13.3 Å². The lowest BCUT2D eigenvalue weighted by atomic mass is 10.2. The smallest absolute Gasteiger partial charge is 0.322 e. The minimum atomic E-state index is -3.79. The van der Waals surface area contributed by atoms with Gasteiger partial charge in [0, 0.05) is 6.54 Å². The van der Waals surface area contributed by atoms with Crippen molar-refractivity contribution < 1.29 is 17.9 Å². The van der Waals surface area contributed by atoms with Gasteiger partial charge in [0.25, 0.3) is 0 Å². The summed E-state index contributed by atoms with van der Waals surface area (Å²) in [7, 11) is -2.64. The van der Waals surface area contributed by atoms with Crippen LogP contribution in [0.5, 0.6) is 0 Å². The van der Waals surface area contributed by atoms with E-state index in [0.29, 0.717) is 17.8 Å². The number of benzene rings is 1. The third kappa shape index (κ3) is 3.85. The standard InChI is InChI=1S/C12H18N2O4S/c1-3-8-14(11-7-5-4-6-10(11)13)19(16,17)9-12(15)18-2/h4-7H,3,8-9,13H2,1-2H3. The number of methoxy groups -OCH3 is 1. The fourth-order valence-corrected chi connectivity index (χ4v) is 3.11. The van der Waals surface area contributed by atoms with E-state index in [9.17, 15) is 13.2 Å². The molecule has 106 valence electrons. The number of esters is 1. The van der Waals surface area contributed by atoms with Crippen molar-refractivity contribution in [1.29, 1.82) is 0 Å². The molecule has 19 heavy (non-hydrogen) atoms. The van der Waals surface area contributed by atoms with Crippen LogP contribution in [0.4, 0.5) is 11.4 Å². The third-order valence-electron chi connectivity index (χ3n) is 2.50. The van der Waals surface area contributed by atoms with Crippen molar-refractivity contribution in [3.63, 3.8) is 0 Å². The Bertz CT molecular complexity index is 542. The van der Waals surface area contributed by atoms with Crippen molar-refractivity contribution in [3.8, 4) is 0 Å². The van der Waals surface area contributed by atoms with Gasteiger partial charge in [-0.15, -0.1) is 0 Å². The Kier molecular flexibility index (Phi) is 5.17. The normalized spacial score (nSPS) is 11.1. The van der Waals surface area contributed by atoms with E-state index in [1.54, 1.807) is 24.3 Å². The minimum Gasteiger partial charge on any atom is -0.468 e. The summed E-state index contributed by atoms with van der Waals surface area (Å²) < 4.78 is 30.0. The molecule has 0 aromatic heterocycles. The summed E-state index contributed by atoms with van der Waals surface area (Å²) in [5.74, 6) is -1.49. The predicted molar refractivity (Wildman–Crippen MR) is 74.3 cm³/mol. The Morgan fingerprint density at radius 1 is 1.37 bits per heavy atom. The molecule has 0 heterocycles. The molecule has 0 radical (unpaired) electrons. The maximum atomic E-state index is 12.2. The van der Waals surface area contributed by atoms with Gasteiger partial charge in [-0.2, -0.15) is 0 Å². The number of hydrogen-bond donors (Lipinski definition) is 1. The first-order valence-electron chi connectivity index (χ1n) is 5.84. The van der Waals surface area contributed by atoms with Crippen molar-refractivity contribution in [3.05, 3.63) is 24.3 Å². The molecule has 0 saturated heterocycles. The molecule has 6 nitrogen and oxygen atoms in total. The zero-order chi connectivity index (χ0) is 14.5. The highest BCUT2D eigenvalue weighted by atomic mass is 32.2. The molecule has 0 spiro atoms. The van der Waals surface area contributed by atoms with Crippen LogP contribution in [0.2, 0.25) is 0 Å². The second-order valence-electron chi connectivity index (χ2n) is 3.96. The second kappa shape index (κ2) is 6.42. The van der Waals surface area contributed by atoms with Gasteiger partial charge in [-0.05, 0) is 18.6 Å². The van der Waals surface area contributed by atoms with Crippen LogP contribution in [0, 0.1) is 0 Å². The van der Waals surface area contributed by atoms with Gasteiger partial charge >= 0.3 is 5.97 Å². The minimum absolute atomic E-state index is 0.257. The Labute approximate surface area is 113 Å². The first-order chi connectivity index (χ1) is 8.92. The molecule has 0 aliphatic carbocycles. The molecular formula is C12H18N2O4S. The lowest BCUT2D eigenvalue weighted by Crippen LogP contribution is -2.37. The highest BCUT2D eigenvalue weighted by molar-refractivity contribution is 7.93. The van der Waals surface area contributed by atoms with Gasteiger partial charge in [-0.25, -0.2) is 8.42 Å². The molecule has 0 atom stereocenters. The number of nitrogen functional groups attached to an aromatic ring is 1. The summed E-state index contributed by atoms with van der Waals surface area (Å²) in [6.07, 6.45) is 0.606. The van der Waals surface area contributed by atoms with Crippen LogP contribution >= 0.6 is 0 Å². The molecule has 0 fully saturated rings. The summed E-state index contributed by atoms with van der Waals surface area (Å²) in [4.78, 5) is 11.2. The monoisotopic (exact) mass is 286 g/mol. The third-order valence-corrected chi connectivity index (χ3v) is 4.15. The number of hydrogen-bond acceptors (Lipinski definition) is 5. The number of para-hydroxylation sites is 2. The molecule has 1 aromatic carbocycles. The molecule has 0 unspecified atom stereocenters. The van der Waals surface area contributed by atoms with Crippen molar-refractivity contribution in [2.45, 2.75) is 13.3 Å². The maximum absolute atomic E-state index is 12.2. The van der Waals surface area contributed by atoms with Crippen LogP contribution in [0.25, 0.3) is 0 Å². The predicted octanol–water partition coefficient (Wildman–Crippen LogP) is 0.988. The number of nitrogens with zero attached hydrogens (tertiary/aromatic N) is 1. The highest BCUT2D eigenvalue weighted by Gasteiger charge is 2.26. The highest BCUT2D eigenvalue weighted by Crippen LogP contribution is 2.25. The van der Waals surface area contributed by atoms with Crippen molar-refractivity contribution in [1.82, 2.24) is 0 Å². The summed E-state index contributed by atoms with van der Waals surface area (Å²) in [5.41, 5.74) is 6.52. The van der Waals surface area contributed by atoms with Gasteiger partial charge in [0.05, 0.1) is 18.5 Å². The average Bonchev–Trinajstić information content (AvgIpc) is 2.36. The van der Waals surface area contributed by atoms with E-state index in [1.807, 2.05) is 6.92 Å². The van der Waals surface area contributed by atoms with E-state index < -0.39 is 21.7 Å². The molecule has 0 amide bonds. The lowest BCUT2D eigenvalue weighted by molar-refractivity contribution is -0.137. The van der Waals surface area contributed by atoms with Gasteiger partial charge in [0.2, 0.25) is 10.0 Å². The summed E-state index contributed by atoms with van der Waals surface area (Å²) >= 11 is 0. The molecule has 7 heteroatoms. The fourth-order valence-electron chi connectivity index (χ4n) is 1.61. The van der Waals surface area contributed by atoms with Crippen LogP contribution < -0.4 is 10.0 Å². The summed E-state index contributed by atoms with van der Waals surface area (Å²) in [6, 6.07) is 6.64. The van der Waals surface area contributed by atoms with Gasteiger partial charge in [-0.1, -0.05) is 19.1 Å². The Morgan fingerprint density at radius 2 is 2.00 bits per heavy atom. The number of rotatable bonds is 6. The van der Waals surface area contributed by atoms with Gasteiger partial charge in [-0.3, -0.25) is 9.10 Å². The van der Waals surface area contributed by atoms with Crippen molar-refractivity contribution in [2.24, 2.45) is 0 Å². The van der Waals surface area contributed by atoms with E-state index in [0.717, 1.165) is 11.4 Å². The molecule has 1 rings (SSSR count).